The third-order valence-electron chi connectivity index (χ3n) is 2.63. The Hall–Kier alpha value is -1.65. The molecule has 5 heteroatoms. The standard InChI is InChI=1S/C13H9ClN2OS/c1-17-9-4-2-8(3-5-9)12-15-11(14)10-6-7-18-13(10)16-12/h2-7H,1H3. The van der Waals surface area contributed by atoms with Crippen LogP contribution in [0.25, 0.3) is 21.6 Å². The molecule has 0 saturated carbocycles. The molecular weight excluding hydrogens is 268 g/mol. The molecule has 0 radical (unpaired) electrons. The lowest BCUT2D eigenvalue weighted by atomic mass is 10.2. The number of methoxy groups -OCH3 is 1. The molecule has 2 heterocycles. The van der Waals surface area contributed by atoms with E-state index >= 15 is 0 Å². The van der Waals surface area contributed by atoms with E-state index in [-0.39, 0.29) is 0 Å². The van der Waals surface area contributed by atoms with Crippen molar-refractivity contribution in [3.8, 4) is 17.1 Å². The van der Waals surface area contributed by atoms with Crippen molar-refractivity contribution in [2.45, 2.75) is 0 Å². The molecule has 0 saturated heterocycles. The van der Waals surface area contributed by atoms with Crippen molar-refractivity contribution in [2.24, 2.45) is 0 Å². The Bertz CT molecular complexity index is 694. The summed E-state index contributed by atoms with van der Waals surface area (Å²) in [5, 5.41) is 3.36. The summed E-state index contributed by atoms with van der Waals surface area (Å²) in [6.07, 6.45) is 0. The number of rotatable bonds is 2. The second-order valence-corrected chi connectivity index (χ2v) is 4.96. The number of hydrogen-bond acceptors (Lipinski definition) is 4. The first-order valence-corrected chi connectivity index (χ1v) is 6.59. The predicted octanol–water partition coefficient (Wildman–Crippen LogP) is 4.02. The van der Waals surface area contributed by atoms with Crippen molar-refractivity contribution in [1.29, 1.82) is 0 Å². The Labute approximate surface area is 113 Å². The molecule has 3 nitrogen and oxygen atoms in total. The second kappa shape index (κ2) is 4.55. The number of ether oxygens (including phenoxy) is 1. The van der Waals surface area contributed by atoms with Crippen LogP contribution in [0.4, 0.5) is 0 Å². The zero-order valence-electron chi connectivity index (χ0n) is 9.55. The van der Waals surface area contributed by atoms with E-state index in [9.17, 15) is 0 Å². The fraction of sp³-hybridized carbons (Fsp3) is 0.0769. The Kier molecular flexibility index (Phi) is 2.89. The number of halogens is 1. The molecule has 0 aliphatic carbocycles. The van der Waals surface area contributed by atoms with Gasteiger partial charge in [-0.3, -0.25) is 0 Å². The van der Waals surface area contributed by atoms with Gasteiger partial charge in [0, 0.05) is 10.9 Å². The van der Waals surface area contributed by atoms with Gasteiger partial charge in [-0.2, -0.15) is 0 Å². The predicted molar refractivity (Wildman–Crippen MR) is 74.4 cm³/mol. The first kappa shape index (κ1) is 11.4. The van der Waals surface area contributed by atoms with Crippen LogP contribution in [0.1, 0.15) is 0 Å². The van der Waals surface area contributed by atoms with E-state index < -0.39 is 0 Å². The summed E-state index contributed by atoms with van der Waals surface area (Å²) in [5.74, 6) is 1.44. The first-order valence-electron chi connectivity index (χ1n) is 5.33. The Morgan fingerprint density at radius 3 is 2.61 bits per heavy atom. The highest BCUT2D eigenvalue weighted by Gasteiger charge is 2.08. The lowest BCUT2D eigenvalue weighted by Gasteiger charge is -2.03. The van der Waals surface area contributed by atoms with Gasteiger partial charge in [0.2, 0.25) is 0 Å². The molecule has 90 valence electrons. The SMILES string of the molecule is COc1ccc(-c2nc(Cl)c3ccsc3n2)cc1. The molecule has 1 aromatic carbocycles. The van der Waals surface area contributed by atoms with Gasteiger partial charge in [-0.25, -0.2) is 9.97 Å². The van der Waals surface area contributed by atoms with E-state index in [2.05, 4.69) is 9.97 Å². The van der Waals surface area contributed by atoms with Gasteiger partial charge in [-0.15, -0.1) is 11.3 Å². The number of thiophene rings is 1. The quantitative estimate of drug-likeness (QED) is 0.663. The van der Waals surface area contributed by atoms with Crippen LogP contribution in [-0.4, -0.2) is 17.1 Å². The van der Waals surface area contributed by atoms with Crippen LogP contribution in [0.5, 0.6) is 5.75 Å². The molecule has 0 atom stereocenters. The fourth-order valence-electron chi connectivity index (χ4n) is 1.69. The highest BCUT2D eigenvalue weighted by atomic mass is 35.5. The van der Waals surface area contributed by atoms with Gasteiger partial charge in [0.1, 0.15) is 15.7 Å². The van der Waals surface area contributed by atoms with E-state index in [0.717, 1.165) is 21.5 Å². The molecule has 0 fully saturated rings. The molecule has 0 bridgehead atoms. The zero-order chi connectivity index (χ0) is 12.5. The van der Waals surface area contributed by atoms with Gasteiger partial charge in [0.25, 0.3) is 0 Å². The maximum atomic E-state index is 6.14. The van der Waals surface area contributed by atoms with Gasteiger partial charge in [0.05, 0.1) is 7.11 Å². The molecule has 0 amide bonds. The minimum absolute atomic E-state index is 0.493. The average Bonchev–Trinajstić information content (AvgIpc) is 2.88. The van der Waals surface area contributed by atoms with Crippen molar-refractivity contribution in [3.63, 3.8) is 0 Å². The van der Waals surface area contributed by atoms with Crippen LogP contribution in [0, 0.1) is 0 Å². The first-order chi connectivity index (χ1) is 8.78. The fourth-order valence-corrected chi connectivity index (χ4v) is 2.74. The highest BCUT2D eigenvalue weighted by Crippen LogP contribution is 2.28. The monoisotopic (exact) mass is 276 g/mol. The van der Waals surface area contributed by atoms with E-state index in [1.165, 1.54) is 0 Å². The molecule has 18 heavy (non-hydrogen) atoms. The number of benzene rings is 1. The topological polar surface area (TPSA) is 35.0 Å². The lowest BCUT2D eigenvalue weighted by molar-refractivity contribution is 0.415. The third-order valence-corrected chi connectivity index (χ3v) is 3.72. The summed E-state index contributed by atoms with van der Waals surface area (Å²) in [5.41, 5.74) is 0.924. The van der Waals surface area contributed by atoms with Gasteiger partial charge in [-0.05, 0) is 35.7 Å². The van der Waals surface area contributed by atoms with Crippen molar-refractivity contribution in [2.75, 3.05) is 7.11 Å². The van der Waals surface area contributed by atoms with Crippen molar-refractivity contribution < 1.29 is 4.74 Å². The Morgan fingerprint density at radius 2 is 1.89 bits per heavy atom. The normalized spacial score (nSPS) is 10.8. The number of hydrogen-bond donors (Lipinski definition) is 0. The third kappa shape index (κ3) is 1.94. The van der Waals surface area contributed by atoms with E-state index in [1.54, 1.807) is 18.4 Å². The van der Waals surface area contributed by atoms with Gasteiger partial charge in [0.15, 0.2) is 5.82 Å². The molecule has 0 aliphatic rings. The molecule has 3 rings (SSSR count). The molecule has 0 unspecified atom stereocenters. The van der Waals surface area contributed by atoms with Crippen LogP contribution in [0.3, 0.4) is 0 Å². The number of aromatic nitrogens is 2. The van der Waals surface area contributed by atoms with Gasteiger partial charge in [-0.1, -0.05) is 11.6 Å². The summed E-state index contributed by atoms with van der Waals surface area (Å²) in [6, 6.07) is 9.53. The molecule has 0 spiro atoms. The number of fused-ring (bicyclic) bond motifs is 1. The van der Waals surface area contributed by atoms with Crippen LogP contribution >= 0.6 is 22.9 Å². The van der Waals surface area contributed by atoms with Crippen LogP contribution in [0.15, 0.2) is 35.7 Å². The summed E-state index contributed by atoms with van der Waals surface area (Å²) in [6.45, 7) is 0. The van der Waals surface area contributed by atoms with Crippen LogP contribution < -0.4 is 4.74 Å². The summed E-state index contributed by atoms with van der Waals surface area (Å²) in [4.78, 5) is 9.73. The summed E-state index contributed by atoms with van der Waals surface area (Å²) >= 11 is 7.70. The van der Waals surface area contributed by atoms with E-state index in [1.807, 2.05) is 35.7 Å². The van der Waals surface area contributed by atoms with Gasteiger partial charge < -0.3 is 4.74 Å². The summed E-state index contributed by atoms with van der Waals surface area (Å²) < 4.78 is 5.12. The maximum absolute atomic E-state index is 6.14. The van der Waals surface area contributed by atoms with Crippen LogP contribution in [0.2, 0.25) is 5.15 Å². The summed E-state index contributed by atoms with van der Waals surface area (Å²) in [7, 11) is 1.64. The molecular formula is C13H9ClN2OS. The van der Waals surface area contributed by atoms with E-state index in [4.69, 9.17) is 16.3 Å². The average molecular weight is 277 g/mol. The van der Waals surface area contributed by atoms with E-state index in [0.29, 0.717) is 11.0 Å². The minimum atomic E-state index is 0.493. The second-order valence-electron chi connectivity index (χ2n) is 3.71. The highest BCUT2D eigenvalue weighted by molar-refractivity contribution is 7.16. The van der Waals surface area contributed by atoms with Crippen LogP contribution in [-0.2, 0) is 0 Å². The van der Waals surface area contributed by atoms with Crippen molar-refractivity contribution >= 4 is 33.2 Å². The van der Waals surface area contributed by atoms with Crippen molar-refractivity contribution in [3.05, 3.63) is 40.9 Å². The Balaban J connectivity index is 2.12. The molecule has 2 aromatic heterocycles. The minimum Gasteiger partial charge on any atom is -0.497 e. The lowest BCUT2D eigenvalue weighted by Crippen LogP contribution is -1.90. The zero-order valence-corrected chi connectivity index (χ0v) is 11.1. The molecule has 3 aromatic rings. The Morgan fingerprint density at radius 1 is 1.11 bits per heavy atom. The maximum Gasteiger partial charge on any atom is 0.162 e. The van der Waals surface area contributed by atoms with Crippen molar-refractivity contribution in [1.82, 2.24) is 9.97 Å². The smallest absolute Gasteiger partial charge is 0.162 e. The molecule has 0 aliphatic heterocycles. The largest absolute Gasteiger partial charge is 0.497 e. The van der Waals surface area contributed by atoms with Gasteiger partial charge >= 0.3 is 0 Å². The number of nitrogens with zero attached hydrogens (tertiary/aromatic N) is 2. The molecule has 0 N–H and O–H groups in total.